The van der Waals surface area contributed by atoms with E-state index in [2.05, 4.69) is 37.0 Å². The van der Waals surface area contributed by atoms with Gasteiger partial charge in [0.2, 0.25) is 0 Å². The van der Waals surface area contributed by atoms with Crippen LogP contribution in [0, 0.1) is 11.3 Å². The molecule has 0 amide bonds. The maximum Gasteiger partial charge on any atom is 0.139 e. The van der Waals surface area contributed by atoms with E-state index in [1.165, 1.54) is 5.52 Å². The molecule has 118 valence electrons. The average Bonchev–Trinajstić information content (AvgIpc) is 3.21. The van der Waals surface area contributed by atoms with E-state index in [4.69, 9.17) is 5.26 Å². The molecule has 3 aromatic rings. The first-order chi connectivity index (χ1) is 11.4. The summed E-state index contributed by atoms with van der Waals surface area (Å²) in [5.41, 5.74) is 3.08. The summed E-state index contributed by atoms with van der Waals surface area (Å²) in [5.74, 6) is 0. The number of pyridine rings is 1. The number of imidazole rings is 1. The van der Waals surface area contributed by atoms with Crippen molar-refractivity contribution in [3.05, 3.63) is 24.8 Å². The van der Waals surface area contributed by atoms with Crippen molar-refractivity contribution in [3.63, 3.8) is 0 Å². The molecule has 3 heterocycles. The van der Waals surface area contributed by atoms with Gasteiger partial charge in [0.25, 0.3) is 0 Å². The fraction of sp³-hybridized carbons (Fsp3) is 0.471. The third-order valence-electron chi connectivity index (χ3n) is 4.88. The van der Waals surface area contributed by atoms with Gasteiger partial charge in [-0.2, -0.15) is 5.26 Å². The van der Waals surface area contributed by atoms with Crippen LogP contribution in [-0.2, 0) is 0 Å². The maximum atomic E-state index is 8.62. The molecule has 0 spiro atoms. The van der Waals surface area contributed by atoms with Crippen molar-refractivity contribution in [3.8, 4) is 6.07 Å². The molecule has 1 aliphatic carbocycles. The van der Waals surface area contributed by atoms with Crippen LogP contribution < -0.4 is 5.32 Å². The highest BCUT2D eigenvalue weighted by molar-refractivity contribution is 6.00. The molecule has 2 N–H and O–H groups in total. The zero-order valence-corrected chi connectivity index (χ0v) is 13.0. The van der Waals surface area contributed by atoms with Crippen molar-refractivity contribution in [2.24, 2.45) is 0 Å². The highest BCUT2D eigenvalue weighted by Crippen LogP contribution is 2.33. The SMILES string of the molecule is N#CCCN[C@H]1CC[C@@H](n2cnc3cnc4[nH]ccc4c32)CC1. The molecule has 4 rings (SSSR count). The minimum atomic E-state index is 0.495. The van der Waals surface area contributed by atoms with Gasteiger partial charge in [-0.1, -0.05) is 0 Å². The summed E-state index contributed by atoms with van der Waals surface area (Å²) < 4.78 is 2.33. The fourth-order valence-corrected chi connectivity index (χ4v) is 3.70. The molecular formula is C17H20N6. The Morgan fingerprint density at radius 3 is 3.00 bits per heavy atom. The van der Waals surface area contributed by atoms with Crippen LogP contribution in [0.1, 0.15) is 38.1 Å². The molecular weight excluding hydrogens is 288 g/mol. The van der Waals surface area contributed by atoms with Gasteiger partial charge in [0.05, 0.1) is 24.1 Å². The van der Waals surface area contributed by atoms with Gasteiger partial charge >= 0.3 is 0 Å². The Balaban J connectivity index is 1.54. The quantitative estimate of drug-likeness (QED) is 0.726. The van der Waals surface area contributed by atoms with Gasteiger partial charge in [-0.15, -0.1) is 0 Å². The summed E-state index contributed by atoms with van der Waals surface area (Å²) in [6.45, 7) is 0.801. The highest BCUT2D eigenvalue weighted by atomic mass is 15.1. The number of fused-ring (bicyclic) bond motifs is 3. The first-order valence-corrected chi connectivity index (χ1v) is 8.26. The van der Waals surface area contributed by atoms with Crippen molar-refractivity contribution >= 4 is 22.1 Å². The predicted molar refractivity (Wildman–Crippen MR) is 88.9 cm³/mol. The topological polar surface area (TPSA) is 82.3 Å². The van der Waals surface area contributed by atoms with Crippen LogP contribution in [-0.4, -0.2) is 32.1 Å². The highest BCUT2D eigenvalue weighted by Gasteiger charge is 2.23. The molecule has 6 heteroatoms. The van der Waals surface area contributed by atoms with E-state index >= 15 is 0 Å². The molecule has 0 radical (unpaired) electrons. The van der Waals surface area contributed by atoms with Crippen LogP contribution in [0.2, 0.25) is 0 Å². The largest absolute Gasteiger partial charge is 0.346 e. The molecule has 1 saturated carbocycles. The van der Waals surface area contributed by atoms with E-state index in [1.807, 2.05) is 18.7 Å². The average molecular weight is 308 g/mol. The number of nitriles is 1. The molecule has 0 saturated heterocycles. The molecule has 23 heavy (non-hydrogen) atoms. The van der Waals surface area contributed by atoms with Crippen molar-refractivity contribution in [1.82, 2.24) is 24.8 Å². The summed E-state index contributed by atoms with van der Waals surface area (Å²) in [7, 11) is 0. The number of aromatic nitrogens is 4. The third kappa shape index (κ3) is 2.57. The number of hydrogen-bond acceptors (Lipinski definition) is 4. The lowest BCUT2D eigenvalue weighted by molar-refractivity contribution is 0.296. The maximum absolute atomic E-state index is 8.62. The number of aromatic amines is 1. The monoisotopic (exact) mass is 308 g/mol. The molecule has 3 aromatic heterocycles. The molecule has 1 fully saturated rings. The van der Waals surface area contributed by atoms with E-state index in [-0.39, 0.29) is 0 Å². The third-order valence-corrected chi connectivity index (χ3v) is 4.88. The smallest absolute Gasteiger partial charge is 0.139 e. The predicted octanol–water partition coefficient (Wildman–Crippen LogP) is 2.90. The standard InChI is InChI=1S/C17H20N6/c18-7-1-8-19-12-2-4-13(5-3-12)23-11-22-15-10-21-17-14(16(15)23)6-9-20-17/h6,9-13,19H,1-5,8H2,(H,20,21)/t12-,13+. The van der Waals surface area contributed by atoms with Crippen molar-refractivity contribution < 1.29 is 0 Å². The second kappa shape index (κ2) is 6.01. The van der Waals surface area contributed by atoms with E-state index < -0.39 is 0 Å². The van der Waals surface area contributed by atoms with Crippen LogP contribution in [0.25, 0.3) is 22.1 Å². The second-order valence-electron chi connectivity index (χ2n) is 6.25. The van der Waals surface area contributed by atoms with Crippen LogP contribution >= 0.6 is 0 Å². The minimum absolute atomic E-state index is 0.495. The lowest BCUT2D eigenvalue weighted by Crippen LogP contribution is -2.34. The minimum Gasteiger partial charge on any atom is -0.346 e. The Morgan fingerprint density at radius 2 is 2.17 bits per heavy atom. The van der Waals surface area contributed by atoms with Gasteiger partial charge in [-0.05, 0) is 31.7 Å². The molecule has 0 aliphatic heterocycles. The van der Waals surface area contributed by atoms with Crippen LogP contribution in [0.5, 0.6) is 0 Å². The van der Waals surface area contributed by atoms with Crippen molar-refractivity contribution in [1.29, 1.82) is 5.26 Å². The zero-order valence-electron chi connectivity index (χ0n) is 13.0. The van der Waals surface area contributed by atoms with Crippen LogP contribution in [0.15, 0.2) is 24.8 Å². The Kier molecular flexibility index (Phi) is 3.72. The summed E-state index contributed by atoms with van der Waals surface area (Å²) in [5, 5.41) is 13.3. The van der Waals surface area contributed by atoms with Gasteiger partial charge in [-0.3, -0.25) is 0 Å². The Morgan fingerprint density at radius 1 is 1.30 bits per heavy atom. The number of nitrogens with zero attached hydrogens (tertiary/aromatic N) is 4. The van der Waals surface area contributed by atoms with E-state index in [9.17, 15) is 0 Å². The lowest BCUT2D eigenvalue weighted by atomic mass is 9.91. The van der Waals surface area contributed by atoms with Gasteiger partial charge in [0, 0.05) is 36.6 Å². The Hall–Kier alpha value is -2.39. The van der Waals surface area contributed by atoms with Gasteiger partial charge in [-0.25, -0.2) is 9.97 Å². The van der Waals surface area contributed by atoms with Crippen molar-refractivity contribution in [2.75, 3.05) is 6.54 Å². The number of rotatable bonds is 4. The normalized spacial score (nSPS) is 21.7. The Bertz CT molecular complexity index is 847. The number of hydrogen-bond donors (Lipinski definition) is 2. The molecule has 6 nitrogen and oxygen atoms in total. The van der Waals surface area contributed by atoms with Gasteiger partial charge < -0.3 is 14.9 Å². The van der Waals surface area contributed by atoms with E-state index in [0.717, 1.165) is 48.8 Å². The molecule has 0 unspecified atom stereocenters. The van der Waals surface area contributed by atoms with Crippen LogP contribution in [0.3, 0.4) is 0 Å². The molecule has 0 bridgehead atoms. The van der Waals surface area contributed by atoms with Gasteiger partial charge in [0.15, 0.2) is 0 Å². The summed E-state index contributed by atoms with van der Waals surface area (Å²) in [6, 6.07) is 5.31. The summed E-state index contributed by atoms with van der Waals surface area (Å²) in [6.07, 6.45) is 10.9. The number of nitrogens with one attached hydrogen (secondary N) is 2. The lowest BCUT2D eigenvalue weighted by Gasteiger charge is -2.30. The van der Waals surface area contributed by atoms with Crippen LogP contribution in [0.4, 0.5) is 0 Å². The molecule has 0 atom stereocenters. The summed E-state index contributed by atoms with van der Waals surface area (Å²) >= 11 is 0. The van der Waals surface area contributed by atoms with E-state index in [1.54, 1.807) is 0 Å². The molecule has 1 aliphatic rings. The first-order valence-electron chi connectivity index (χ1n) is 8.26. The fourth-order valence-electron chi connectivity index (χ4n) is 3.70. The van der Waals surface area contributed by atoms with Crippen molar-refractivity contribution in [2.45, 2.75) is 44.2 Å². The van der Waals surface area contributed by atoms with E-state index in [0.29, 0.717) is 18.5 Å². The molecule has 0 aromatic carbocycles. The van der Waals surface area contributed by atoms with Gasteiger partial charge in [0.1, 0.15) is 11.2 Å². The number of H-pyrrole nitrogens is 1. The Labute approximate surface area is 134 Å². The second-order valence-corrected chi connectivity index (χ2v) is 6.25. The zero-order chi connectivity index (χ0) is 15.6. The first kappa shape index (κ1) is 14.2. The summed E-state index contributed by atoms with van der Waals surface area (Å²) in [4.78, 5) is 12.1.